The zero-order valence-electron chi connectivity index (χ0n) is 7.92. The van der Waals surface area contributed by atoms with E-state index in [0.717, 1.165) is 18.6 Å². The van der Waals surface area contributed by atoms with Gasteiger partial charge in [0.05, 0.1) is 0 Å². The van der Waals surface area contributed by atoms with Gasteiger partial charge in [0, 0.05) is 0 Å². The summed E-state index contributed by atoms with van der Waals surface area (Å²) in [5.41, 5.74) is 2.50. The molecule has 1 unspecified atom stereocenters. The minimum Gasteiger partial charge on any atom is -0.455 e. The lowest BCUT2D eigenvalue weighted by atomic mass is 10.1. The Labute approximate surface area is 73.5 Å². The summed E-state index contributed by atoms with van der Waals surface area (Å²) >= 11 is 0. The van der Waals surface area contributed by atoms with Crippen molar-refractivity contribution in [3.63, 3.8) is 0 Å². The van der Waals surface area contributed by atoms with Gasteiger partial charge in [0.15, 0.2) is 5.76 Å². The van der Waals surface area contributed by atoms with Gasteiger partial charge in [-0.3, -0.25) is 0 Å². The number of hydrogen-bond donors (Lipinski definition) is 1. The monoisotopic (exact) mass is 168 g/mol. The average Bonchev–Trinajstić information content (AvgIpc) is 2.66. The number of hydrogen-bond acceptors (Lipinski definition) is 2. The summed E-state index contributed by atoms with van der Waals surface area (Å²) < 4.78 is 4.85. The number of aliphatic hydroxyl groups is 1. The summed E-state index contributed by atoms with van der Waals surface area (Å²) in [7, 11) is 0. The molecule has 0 aliphatic carbocycles. The third kappa shape index (κ3) is 2.70. The number of ether oxygens (including phenoxy) is 1. The summed E-state index contributed by atoms with van der Waals surface area (Å²) in [6.45, 7) is 6.18. The fourth-order valence-electron chi connectivity index (χ4n) is 1.10. The summed E-state index contributed by atoms with van der Waals surface area (Å²) in [5.74, 6) is 0.775. The maximum Gasteiger partial charge on any atom is 0.256 e. The van der Waals surface area contributed by atoms with E-state index in [9.17, 15) is 0 Å². The molecule has 0 aromatic heterocycles. The van der Waals surface area contributed by atoms with Gasteiger partial charge in [-0.05, 0) is 39.2 Å². The number of allylic oxidation sites excluding steroid dienone is 3. The molecule has 0 radical (unpaired) electrons. The molecule has 12 heavy (non-hydrogen) atoms. The minimum absolute atomic E-state index is 0.600. The number of epoxide rings is 1. The molecule has 1 fully saturated rings. The van der Waals surface area contributed by atoms with Gasteiger partial charge in [-0.15, -0.1) is 0 Å². The van der Waals surface area contributed by atoms with Crippen LogP contribution < -0.4 is 0 Å². The van der Waals surface area contributed by atoms with Crippen LogP contribution in [0.1, 0.15) is 33.6 Å². The van der Waals surface area contributed by atoms with Crippen LogP contribution in [0.4, 0.5) is 0 Å². The van der Waals surface area contributed by atoms with Crippen LogP contribution in [0.25, 0.3) is 0 Å². The average molecular weight is 168 g/mol. The first-order valence-corrected chi connectivity index (χ1v) is 4.29. The second-order valence-electron chi connectivity index (χ2n) is 3.43. The van der Waals surface area contributed by atoms with E-state index in [1.807, 2.05) is 6.92 Å². The van der Waals surface area contributed by atoms with Crippen LogP contribution in [0.3, 0.4) is 0 Å². The molecule has 0 aromatic rings. The molecule has 1 heterocycles. The van der Waals surface area contributed by atoms with Crippen LogP contribution in [0.15, 0.2) is 23.0 Å². The Hall–Kier alpha value is -0.760. The third-order valence-electron chi connectivity index (χ3n) is 1.90. The van der Waals surface area contributed by atoms with E-state index < -0.39 is 6.29 Å². The Balaban J connectivity index is 2.29. The standard InChI is InChI=1S/C10H16O2/c1-7(2)5-4-6-8(3)9-10(11)12-9/h5,10-11H,4,6H2,1-3H3. The van der Waals surface area contributed by atoms with Gasteiger partial charge in [-0.1, -0.05) is 11.6 Å². The first kappa shape index (κ1) is 9.33. The van der Waals surface area contributed by atoms with E-state index in [4.69, 9.17) is 9.84 Å². The predicted molar refractivity (Wildman–Crippen MR) is 48.5 cm³/mol. The lowest BCUT2D eigenvalue weighted by Crippen LogP contribution is -1.80. The second-order valence-corrected chi connectivity index (χ2v) is 3.43. The van der Waals surface area contributed by atoms with Gasteiger partial charge in [0.1, 0.15) is 0 Å². The Morgan fingerprint density at radius 1 is 1.50 bits per heavy atom. The van der Waals surface area contributed by atoms with Crippen molar-refractivity contribution in [1.29, 1.82) is 0 Å². The van der Waals surface area contributed by atoms with Crippen LogP contribution in [0.2, 0.25) is 0 Å². The zero-order chi connectivity index (χ0) is 9.14. The van der Waals surface area contributed by atoms with Crippen molar-refractivity contribution in [3.8, 4) is 0 Å². The molecule has 2 nitrogen and oxygen atoms in total. The topological polar surface area (TPSA) is 32.8 Å². The Bertz CT molecular complexity index is 222. The van der Waals surface area contributed by atoms with Gasteiger partial charge in [-0.2, -0.15) is 0 Å². The molecule has 0 spiro atoms. The van der Waals surface area contributed by atoms with Crippen LogP contribution >= 0.6 is 0 Å². The van der Waals surface area contributed by atoms with Crippen molar-refractivity contribution in [2.45, 2.75) is 39.9 Å². The van der Waals surface area contributed by atoms with Gasteiger partial charge >= 0.3 is 0 Å². The van der Waals surface area contributed by atoms with Gasteiger partial charge in [-0.25, -0.2) is 0 Å². The lowest BCUT2D eigenvalue weighted by molar-refractivity contribution is 0.156. The van der Waals surface area contributed by atoms with E-state index in [0.29, 0.717) is 0 Å². The second kappa shape index (κ2) is 3.76. The maximum absolute atomic E-state index is 8.91. The fraction of sp³-hybridized carbons (Fsp3) is 0.600. The van der Waals surface area contributed by atoms with Crippen molar-refractivity contribution in [1.82, 2.24) is 0 Å². The Morgan fingerprint density at radius 3 is 2.50 bits per heavy atom. The quantitative estimate of drug-likeness (QED) is 0.518. The van der Waals surface area contributed by atoms with E-state index in [1.54, 1.807) is 0 Å². The molecule has 1 N–H and O–H groups in total. The highest BCUT2D eigenvalue weighted by Gasteiger charge is 2.31. The maximum atomic E-state index is 8.91. The van der Waals surface area contributed by atoms with Crippen LogP contribution in [-0.4, -0.2) is 11.4 Å². The molecule has 0 aromatic carbocycles. The molecule has 0 saturated carbocycles. The highest BCUT2D eigenvalue weighted by Crippen LogP contribution is 2.29. The zero-order valence-corrected chi connectivity index (χ0v) is 7.92. The summed E-state index contributed by atoms with van der Waals surface area (Å²) in [5, 5.41) is 8.91. The van der Waals surface area contributed by atoms with Crippen LogP contribution in [-0.2, 0) is 4.74 Å². The molecule has 1 aliphatic rings. The van der Waals surface area contributed by atoms with Crippen molar-refractivity contribution >= 4 is 0 Å². The highest BCUT2D eigenvalue weighted by molar-refractivity contribution is 5.17. The fourth-order valence-corrected chi connectivity index (χ4v) is 1.10. The normalized spacial score (nSPS) is 24.5. The van der Waals surface area contributed by atoms with E-state index in [2.05, 4.69) is 19.9 Å². The number of aliphatic hydroxyl groups excluding tert-OH is 1. The van der Waals surface area contributed by atoms with Crippen molar-refractivity contribution in [2.24, 2.45) is 0 Å². The van der Waals surface area contributed by atoms with E-state index >= 15 is 0 Å². The molecule has 0 bridgehead atoms. The molecule has 1 saturated heterocycles. The largest absolute Gasteiger partial charge is 0.455 e. The Kier molecular flexibility index (Phi) is 2.93. The smallest absolute Gasteiger partial charge is 0.256 e. The van der Waals surface area contributed by atoms with Crippen molar-refractivity contribution in [3.05, 3.63) is 23.0 Å². The third-order valence-corrected chi connectivity index (χ3v) is 1.90. The molecule has 1 aliphatic heterocycles. The van der Waals surface area contributed by atoms with E-state index in [-0.39, 0.29) is 0 Å². The SMILES string of the molecule is CC(C)=CCCC(C)=C1OC1O. The number of rotatable bonds is 3. The van der Waals surface area contributed by atoms with Gasteiger partial charge in [0.2, 0.25) is 0 Å². The van der Waals surface area contributed by atoms with Crippen LogP contribution in [0.5, 0.6) is 0 Å². The first-order valence-electron chi connectivity index (χ1n) is 4.29. The van der Waals surface area contributed by atoms with Gasteiger partial charge < -0.3 is 9.84 Å². The van der Waals surface area contributed by atoms with Crippen molar-refractivity contribution < 1.29 is 9.84 Å². The molecular weight excluding hydrogens is 152 g/mol. The van der Waals surface area contributed by atoms with E-state index in [1.165, 1.54) is 11.1 Å². The molecule has 68 valence electrons. The molecule has 2 heteroatoms. The Morgan fingerprint density at radius 2 is 2.08 bits per heavy atom. The lowest BCUT2D eigenvalue weighted by Gasteiger charge is -1.94. The first-order chi connectivity index (χ1) is 5.61. The summed E-state index contributed by atoms with van der Waals surface area (Å²) in [6.07, 6.45) is 3.61. The molecule has 0 amide bonds. The molecule has 1 atom stereocenters. The minimum atomic E-state index is -0.600. The highest BCUT2D eigenvalue weighted by atomic mass is 16.7. The molecule has 1 rings (SSSR count). The van der Waals surface area contributed by atoms with Gasteiger partial charge in [0.25, 0.3) is 6.29 Å². The summed E-state index contributed by atoms with van der Waals surface area (Å²) in [6, 6.07) is 0. The summed E-state index contributed by atoms with van der Waals surface area (Å²) in [4.78, 5) is 0. The van der Waals surface area contributed by atoms with Crippen LogP contribution in [0, 0.1) is 0 Å². The van der Waals surface area contributed by atoms with Crippen molar-refractivity contribution in [2.75, 3.05) is 0 Å². The predicted octanol–water partition coefficient (Wildman–Crippen LogP) is 2.36. The molecular formula is C10H16O2.